The average Bonchev–Trinajstić information content (AvgIpc) is 2.37. The lowest BCUT2D eigenvalue weighted by Crippen LogP contribution is -2.49. The highest BCUT2D eigenvalue weighted by atomic mass is 19.4. The number of hydrogen-bond donors (Lipinski definition) is 1. The highest BCUT2D eigenvalue weighted by molar-refractivity contribution is 5.78. The van der Waals surface area contributed by atoms with Crippen molar-refractivity contribution in [1.82, 2.24) is 9.80 Å². The maximum Gasteiger partial charge on any atom is 0.401 e. The number of halogens is 3. The number of amides is 1. The van der Waals surface area contributed by atoms with Crippen LogP contribution in [0.1, 0.15) is 32.6 Å². The summed E-state index contributed by atoms with van der Waals surface area (Å²) in [6.45, 7) is 0.630. The van der Waals surface area contributed by atoms with E-state index in [1.54, 1.807) is 4.90 Å². The highest BCUT2D eigenvalue weighted by Gasteiger charge is 2.33. The molecular weight excluding hydrogens is 273 g/mol. The fourth-order valence-electron chi connectivity index (χ4n) is 2.64. The molecule has 1 rings (SSSR count). The Morgan fingerprint density at radius 1 is 1.40 bits per heavy atom. The number of carbonyl (C=O) groups excluding carboxylic acids is 1. The van der Waals surface area contributed by atoms with Gasteiger partial charge in [-0.3, -0.25) is 9.69 Å². The molecule has 7 heteroatoms. The van der Waals surface area contributed by atoms with E-state index < -0.39 is 12.7 Å². The van der Waals surface area contributed by atoms with Crippen molar-refractivity contribution in [2.24, 2.45) is 0 Å². The van der Waals surface area contributed by atoms with Crippen molar-refractivity contribution in [1.29, 1.82) is 0 Å². The van der Waals surface area contributed by atoms with E-state index in [1.165, 1.54) is 0 Å². The number of piperidine rings is 1. The van der Waals surface area contributed by atoms with Gasteiger partial charge in [0.1, 0.15) is 0 Å². The predicted octanol–water partition coefficient (Wildman–Crippen LogP) is 1.63. The number of carbonyl (C=O) groups is 1. The van der Waals surface area contributed by atoms with Gasteiger partial charge in [-0.15, -0.1) is 0 Å². The van der Waals surface area contributed by atoms with E-state index in [9.17, 15) is 18.0 Å². The molecule has 0 spiro atoms. The van der Waals surface area contributed by atoms with Crippen LogP contribution in [0.5, 0.6) is 0 Å². The molecule has 0 aromatic rings. The number of alkyl halides is 3. The minimum atomic E-state index is -4.36. The fourth-order valence-corrected chi connectivity index (χ4v) is 2.64. The number of nitrogens with zero attached hydrogens (tertiary/aromatic N) is 2. The molecule has 20 heavy (non-hydrogen) atoms. The van der Waals surface area contributed by atoms with Crippen LogP contribution in [-0.4, -0.2) is 65.8 Å². The van der Waals surface area contributed by atoms with Gasteiger partial charge < -0.3 is 10.0 Å². The maximum atomic E-state index is 12.4. The SMILES string of the molecule is CCC1CCCCN1C(=O)CN(CCO)CC(F)(F)F. The van der Waals surface area contributed by atoms with Gasteiger partial charge in [0, 0.05) is 19.1 Å². The first-order chi connectivity index (χ1) is 9.37. The van der Waals surface area contributed by atoms with Gasteiger partial charge in [-0.2, -0.15) is 13.2 Å². The minimum absolute atomic E-state index is 0.137. The molecule has 0 bridgehead atoms. The molecule has 1 heterocycles. The van der Waals surface area contributed by atoms with Gasteiger partial charge >= 0.3 is 6.18 Å². The van der Waals surface area contributed by atoms with Gasteiger partial charge in [0.15, 0.2) is 0 Å². The van der Waals surface area contributed by atoms with Crippen LogP contribution in [-0.2, 0) is 4.79 Å². The van der Waals surface area contributed by atoms with Crippen LogP contribution in [0.4, 0.5) is 13.2 Å². The molecule has 1 N–H and O–H groups in total. The first-order valence-electron chi connectivity index (χ1n) is 7.06. The van der Waals surface area contributed by atoms with Crippen LogP contribution in [0.3, 0.4) is 0 Å². The monoisotopic (exact) mass is 296 g/mol. The molecule has 0 aliphatic carbocycles. The van der Waals surface area contributed by atoms with E-state index in [-0.39, 0.29) is 31.6 Å². The van der Waals surface area contributed by atoms with E-state index in [4.69, 9.17) is 5.11 Å². The zero-order valence-electron chi connectivity index (χ0n) is 11.8. The van der Waals surface area contributed by atoms with Crippen LogP contribution < -0.4 is 0 Å². The summed E-state index contributed by atoms with van der Waals surface area (Å²) in [5, 5.41) is 8.82. The first-order valence-corrected chi connectivity index (χ1v) is 7.06. The van der Waals surface area contributed by atoms with E-state index >= 15 is 0 Å². The van der Waals surface area contributed by atoms with Gasteiger partial charge in [-0.05, 0) is 25.7 Å². The van der Waals surface area contributed by atoms with Gasteiger partial charge in [0.05, 0.1) is 19.7 Å². The van der Waals surface area contributed by atoms with Crippen molar-refractivity contribution in [3.8, 4) is 0 Å². The second kappa shape index (κ2) is 7.83. The molecule has 1 saturated heterocycles. The summed E-state index contributed by atoms with van der Waals surface area (Å²) in [5.74, 6) is -0.269. The number of aliphatic hydroxyl groups is 1. The van der Waals surface area contributed by atoms with Crippen LogP contribution >= 0.6 is 0 Å². The Labute approximate surface area is 117 Å². The molecule has 0 aromatic heterocycles. The molecule has 0 saturated carbocycles. The molecule has 1 amide bonds. The van der Waals surface area contributed by atoms with E-state index in [0.29, 0.717) is 6.54 Å². The van der Waals surface area contributed by atoms with Crippen LogP contribution in [0.25, 0.3) is 0 Å². The van der Waals surface area contributed by atoms with Crippen molar-refractivity contribution in [3.63, 3.8) is 0 Å². The van der Waals surface area contributed by atoms with Crippen molar-refractivity contribution in [2.45, 2.75) is 44.8 Å². The predicted molar refractivity (Wildman–Crippen MR) is 69.2 cm³/mol. The fraction of sp³-hybridized carbons (Fsp3) is 0.923. The number of rotatable bonds is 6. The van der Waals surface area contributed by atoms with E-state index in [2.05, 4.69) is 0 Å². The van der Waals surface area contributed by atoms with Crippen LogP contribution in [0, 0.1) is 0 Å². The summed E-state index contributed by atoms with van der Waals surface area (Å²) in [6.07, 6.45) is -0.652. The molecular formula is C13H23F3N2O2. The Morgan fingerprint density at radius 3 is 2.65 bits per heavy atom. The molecule has 1 fully saturated rings. The third-order valence-corrected chi connectivity index (χ3v) is 3.60. The second-order valence-corrected chi connectivity index (χ2v) is 5.19. The molecule has 1 atom stereocenters. The Morgan fingerprint density at radius 2 is 2.10 bits per heavy atom. The lowest BCUT2D eigenvalue weighted by molar-refractivity contribution is -0.153. The summed E-state index contributed by atoms with van der Waals surface area (Å²) in [4.78, 5) is 14.8. The zero-order chi connectivity index (χ0) is 15.2. The largest absolute Gasteiger partial charge is 0.401 e. The quantitative estimate of drug-likeness (QED) is 0.810. The molecule has 118 valence electrons. The Bertz CT molecular complexity index is 310. The molecule has 1 aliphatic heterocycles. The standard InChI is InChI=1S/C13H23F3N2O2/c1-2-11-5-3-4-6-18(11)12(20)9-17(7-8-19)10-13(14,15)16/h11,19H,2-10H2,1H3. The van der Waals surface area contributed by atoms with E-state index in [0.717, 1.165) is 30.6 Å². The normalized spacial score (nSPS) is 20.5. The number of aliphatic hydroxyl groups excluding tert-OH is 1. The first kappa shape index (κ1) is 17.2. The molecule has 1 aliphatic rings. The third kappa shape index (κ3) is 5.66. The number of hydrogen-bond acceptors (Lipinski definition) is 3. The van der Waals surface area contributed by atoms with Gasteiger partial charge in [0.25, 0.3) is 0 Å². The van der Waals surface area contributed by atoms with E-state index in [1.807, 2.05) is 6.92 Å². The van der Waals surface area contributed by atoms with Crippen molar-refractivity contribution in [2.75, 3.05) is 32.8 Å². The lowest BCUT2D eigenvalue weighted by Gasteiger charge is -2.36. The highest BCUT2D eigenvalue weighted by Crippen LogP contribution is 2.21. The summed E-state index contributed by atoms with van der Waals surface area (Å²) >= 11 is 0. The Hall–Kier alpha value is -0.820. The molecule has 4 nitrogen and oxygen atoms in total. The molecule has 0 aromatic carbocycles. The third-order valence-electron chi connectivity index (χ3n) is 3.60. The van der Waals surface area contributed by atoms with Crippen molar-refractivity contribution in [3.05, 3.63) is 0 Å². The zero-order valence-corrected chi connectivity index (χ0v) is 11.8. The molecule has 1 unspecified atom stereocenters. The van der Waals surface area contributed by atoms with Crippen LogP contribution in [0.2, 0.25) is 0 Å². The van der Waals surface area contributed by atoms with Gasteiger partial charge in [0.2, 0.25) is 5.91 Å². The van der Waals surface area contributed by atoms with Gasteiger partial charge in [-0.25, -0.2) is 0 Å². The topological polar surface area (TPSA) is 43.8 Å². The van der Waals surface area contributed by atoms with Crippen molar-refractivity contribution >= 4 is 5.91 Å². The minimum Gasteiger partial charge on any atom is -0.395 e. The summed E-state index contributed by atoms with van der Waals surface area (Å²) in [6, 6.07) is 0.137. The lowest BCUT2D eigenvalue weighted by atomic mass is 10.00. The van der Waals surface area contributed by atoms with Crippen molar-refractivity contribution < 1.29 is 23.1 Å². The van der Waals surface area contributed by atoms with Crippen LogP contribution in [0.15, 0.2) is 0 Å². The van der Waals surface area contributed by atoms with Gasteiger partial charge in [-0.1, -0.05) is 6.92 Å². The summed E-state index contributed by atoms with van der Waals surface area (Å²) < 4.78 is 37.2. The Kier molecular flexibility index (Phi) is 6.75. The average molecular weight is 296 g/mol. The maximum absolute atomic E-state index is 12.4. The summed E-state index contributed by atoms with van der Waals surface area (Å²) in [5.41, 5.74) is 0. The smallest absolute Gasteiger partial charge is 0.395 e. The Balaban J connectivity index is 2.59. The second-order valence-electron chi connectivity index (χ2n) is 5.19. The number of likely N-dealkylation sites (tertiary alicyclic amines) is 1. The molecule has 0 radical (unpaired) electrons. The summed E-state index contributed by atoms with van der Waals surface area (Å²) in [7, 11) is 0.